The van der Waals surface area contributed by atoms with E-state index in [-0.39, 0.29) is 22.3 Å². The highest BCUT2D eigenvalue weighted by Gasteiger charge is 2.27. The standard InChI is InChI=1S/2C14H4F4O2.C14H10/c2*15-11-7-3-5-6(10(20)2-1-9(5)19)4-8(7)12(16)14(18)13(11)17;1-2-6-12-10-14-8-4-3-7-13(14)9-11(12)5-1/h2*1-4H;1-10H. The summed E-state index contributed by atoms with van der Waals surface area (Å²) in [4.78, 5) is 46.4. The minimum atomic E-state index is -1.96. The Balaban J connectivity index is 0.000000127. The van der Waals surface area contributed by atoms with E-state index in [9.17, 15) is 54.3 Å². The molecule has 4 nitrogen and oxygen atoms in total. The zero-order valence-corrected chi connectivity index (χ0v) is 27.0. The van der Waals surface area contributed by atoms with E-state index < -0.39 is 91.2 Å². The molecule has 7 aromatic rings. The number of fused-ring (bicyclic) bond motifs is 6. The maximum absolute atomic E-state index is 13.6. The predicted octanol–water partition coefficient (Wildman–Crippen LogP) is 10.7. The van der Waals surface area contributed by atoms with Crippen molar-refractivity contribution in [3.63, 3.8) is 0 Å². The number of ketones is 4. The predicted molar refractivity (Wildman–Crippen MR) is 185 cm³/mol. The average Bonchev–Trinajstić information content (AvgIpc) is 3.19. The zero-order chi connectivity index (χ0) is 38.6. The van der Waals surface area contributed by atoms with Crippen LogP contribution in [-0.2, 0) is 0 Å². The third-order valence-corrected chi connectivity index (χ3v) is 8.87. The van der Waals surface area contributed by atoms with Crippen molar-refractivity contribution in [3.8, 4) is 0 Å². The van der Waals surface area contributed by atoms with Crippen molar-refractivity contribution in [1.29, 1.82) is 0 Å². The molecule has 0 spiro atoms. The van der Waals surface area contributed by atoms with E-state index in [2.05, 4.69) is 60.7 Å². The van der Waals surface area contributed by atoms with Crippen molar-refractivity contribution in [2.75, 3.05) is 0 Å². The van der Waals surface area contributed by atoms with Gasteiger partial charge in [-0.1, -0.05) is 48.5 Å². The van der Waals surface area contributed by atoms with Crippen LogP contribution < -0.4 is 0 Å². The van der Waals surface area contributed by atoms with Gasteiger partial charge in [-0.25, -0.2) is 35.1 Å². The second-order valence-corrected chi connectivity index (χ2v) is 12.1. The third-order valence-electron chi connectivity index (χ3n) is 8.87. The quantitative estimate of drug-likeness (QED) is 0.0672. The topological polar surface area (TPSA) is 68.3 Å². The lowest BCUT2D eigenvalue weighted by Gasteiger charge is -2.12. The van der Waals surface area contributed by atoms with E-state index >= 15 is 0 Å². The molecule has 12 heteroatoms. The summed E-state index contributed by atoms with van der Waals surface area (Å²) in [5.74, 6) is -16.6. The lowest BCUT2D eigenvalue weighted by Crippen LogP contribution is -2.12. The van der Waals surface area contributed by atoms with E-state index in [1.807, 2.05) is 0 Å². The van der Waals surface area contributed by atoms with Crippen LogP contribution in [0.1, 0.15) is 41.4 Å². The summed E-state index contributed by atoms with van der Waals surface area (Å²) in [5.41, 5.74) is -0.688. The van der Waals surface area contributed by atoms with E-state index in [1.54, 1.807) is 0 Å². The van der Waals surface area contributed by atoms with Gasteiger partial charge in [0.25, 0.3) is 0 Å². The summed E-state index contributed by atoms with van der Waals surface area (Å²) < 4.78 is 107. The molecule has 0 radical (unpaired) electrons. The number of rotatable bonds is 0. The molecule has 0 saturated heterocycles. The number of benzene rings is 7. The maximum Gasteiger partial charge on any atom is 0.198 e. The first-order valence-electron chi connectivity index (χ1n) is 15.8. The van der Waals surface area contributed by atoms with Crippen molar-refractivity contribution < 1.29 is 54.3 Å². The Bertz CT molecular complexity index is 2510. The minimum Gasteiger partial charge on any atom is -0.289 e. The second-order valence-electron chi connectivity index (χ2n) is 12.1. The molecule has 2 aliphatic rings. The number of carbonyl (C=O) groups is 4. The maximum atomic E-state index is 13.6. The van der Waals surface area contributed by atoms with Crippen LogP contribution in [0.15, 0.2) is 109 Å². The average molecular weight is 739 g/mol. The van der Waals surface area contributed by atoms with Gasteiger partial charge in [-0.3, -0.25) is 19.2 Å². The number of hydrogen-bond donors (Lipinski definition) is 0. The normalized spacial score (nSPS) is 13.2. The Morgan fingerprint density at radius 3 is 0.685 bits per heavy atom. The van der Waals surface area contributed by atoms with Crippen LogP contribution in [-0.4, -0.2) is 23.1 Å². The Hall–Kier alpha value is -6.82. The lowest BCUT2D eigenvalue weighted by atomic mass is 9.91. The van der Waals surface area contributed by atoms with Gasteiger partial charge in [-0.15, -0.1) is 0 Å². The molecule has 0 aliphatic heterocycles. The van der Waals surface area contributed by atoms with Crippen LogP contribution >= 0.6 is 0 Å². The molecule has 9 rings (SSSR count). The van der Waals surface area contributed by atoms with Gasteiger partial charge in [-0.05, 0) is 82.2 Å². The Labute approximate surface area is 298 Å². The van der Waals surface area contributed by atoms with Gasteiger partial charge in [0.05, 0.1) is 0 Å². The minimum absolute atomic E-state index is 0.172. The van der Waals surface area contributed by atoms with Gasteiger partial charge in [0.2, 0.25) is 0 Å². The molecule has 2 aliphatic carbocycles. The highest BCUT2D eigenvalue weighted by Crippen LogP contribution is 2.33. The monoisotopic (exact) mass is 738 g/mol. The van der Waals surface area contributed by atoms with Crippen molar-refractivity contribution >= 4 is 66.2 Å². The Morgan fingerprint density at radius 2 is 0.481 bits per heavy atom. The molecule has 0 saturated carbocycles. The van der Waals surface area contributed by atoms with Crippen molar-refractivity contribution in [2.45, 2.75) is 0 Å². The fraction of sp³-hybridized carbons (Fsp3) is 0. The number of carbonyl (C=O) groups excluding carboxylic acids is 4. The molecular formula is C42H18F8O4. The molecule has 0 amide bonds. The molecule has 7 aromatic carbocycles. The molecule has 0 N–H and O–H groups in total. The first-order valence-corrected chi connectivity index (χ1v) is 15.8. The molecular weight excluding hydrogens is 720 g/mol. The Kier molecular flexibility index (Phi) is 8.98. The molecule has 266 valence electrons. The summed E-state index contributed by atoms with van der Waals surface area (Å²) in [6.45, 7) is 0. The van der Waals surface area contributed by atoms with E-state index in [0.29, 0.717) is 0 Å². The van der Waals surface area contributed by atoms with Gasteiger partial charge in [0.15, 0.2) is 69.7 Å². The lowest BCUT2D eigenvalue weighted by molar-refractivity contribution is 0.0994. The van der Waals surface area contributed by atoms with Crippen LogP contribution in [0.5, 0.6) is 0 Å². The smallest absolute Gasteiger partial charge is 0.198 e. The summed E-state index contributed by atoms with van der Waals surface area (Å²) >= 11 is 0. The van der Waals surface area contributed by atoms with Crippen molar-refractivity contribution in [3.05, 3.63) is 178 Å². The Morgan fingerprint density at radius 1 is 0.278 bits per heavy atom. The number of hydrogen-bond acceptors (Lipinski definition) is 4. The van der Waals surface area contributed by atoms with Crippen molar-refractivity contribution in [1.82, 2.24) is 0 Å². The highest BCUT2D eigenvalue weighted by molar-refractivity contribution is 6.24. The molecule has 0 bridgehead atoms. The fourth-order valence-electron chi connectivity index (χ4n) is 6.14. The van der Waals surface area contributed by atoms with Gasteiger partial charge < -0.3 is 0 Å². The largest absolute Gasteiger partial charge is 0.289 e. The van der Waals surface area contributed by atoms with E-state index in [0.717, 1.165) is 48.6 Å². The zero-order valence-electron chi connectivity index (χ0n) is 27.0. The number of halogens is 8. The highest BCUT2D eigenvalue weighted by atomic mass is 19.2. The number of allylic oxidation sites excluding steroid dienone is 4. The van der Waals surface area contributed by atoms with Crippen LogP contribution in [0.3, 0.4) is 0 Å². The molecule has 0 unspecified atom stereocenters. The first-order chi connectivity index (χ1) is 25.8. The van der Waals surface area contributed by atoms with Gasteiger partial charge in [0, 0.05) is 43.8 Å². The van der Waals surface area contributed by atoms with Crippen molar-refractivity contribution in [2.24, 2.45) is 0 Å². The fourth-order valence-corrected chi connectivity index (χ4v) is 6.14. The van der Waals surface area contributed by atoms with Gasteiger partial charge in [-0.2, -0.15) is 0 Å². The van der Waals surface area contributed by atoms with Crippen LogP contribution in [0.4, 0.5) is 35.1 Å². The summed E-state index contributed by atoms with van der Waals surface area (Å²) in [6.07, 6.45) is 3.91. The van der Waals surface area contributed by atoms with Crippen LogP contribution in [0.25, 0.3) is 43.1 Å². The van der Waals surface area contributed by atoms with Crippen LogP contribution in [0, 0.1) is 46.5 Å². The molecule has 0 atom stereocenters. The summed E-state index contributed by atoms with van der Waals surface area (Å²) in [7, 11) is 0. The SMILES string of the molecule is O=C1C=CC(=O)c2cc3c(F)c(F)c(F)c(F)c3cc21.O=C1C=CC(=O)c2cc3c(F)c(F)c(F)c(F)c3cc21.c1ccc2cc3ccccc3cc2c1. The molecule has 0 aromatic heterocycles. The first kappa shape index (κ1) is 35.6. The van der Waals surface area contributed by atoms with Crippen LogP contribution in [0.2, 0.25) is 0 Å². The second kappa shape index (κ2) is 13.6. The molecule has 54 heavy (non-hydrogen) atoms. The third kappa shape index (κ3) is 6.01. The summed E-state index contributed by atoms with van der Waals surface area (Å²) in [6, 6.07) is 24.8. The van der Waals surface area contributed by atoms with Gasteiger partial charge in [0.1, 0.15) is 0 Å². The summed E-state index contributed by atoms with van der Waals surface area (Å²) in [5, 5.41) is 2.90. The molecule has 0 heterocycles. The van der Waals surface area contributed by atoms with E-state index in [4.69, 9.17) is 0 Å². The van der Waals surface area contributed by atoms with E-state index in [1.165, 1.54) is 21.5 Å². The van der Waals surface area contributed by atoms with Gasteiger partial charge >= 0.3 is 0 Å². The molecule has 0 fully saturated rings.